The molecule has 0 aliphatic carbocycles. The number of aliphatic carboxylic acids is 1. The van der Waals surface area contributed by atoms with Gasteiger partial charge in [0.2, 0.25) is 5.78 Å². The zero-order valence-electron chi connectivity index (χ0n) is 9.80. The lowest BCUT2D eigenvalue weighted by atomic mass is 10.1. The number of halogens is 1. The highest BCUT2D eigenvalue weighted by Gasteiger charge is 2.32. The zero-order valence-corrected chi connectivity index (χ0v) is 11.4. The van der Waals surface area contributed by atoms with Crippen molar-refractivity contribution in [3.63, 3.8) is 0 Å². The second-order valence-electron chi connectivity index (χ2n) is 4.40. The molecule has 98 valence electrons. The molecule has 0 amide bonds. The number of fused-ring (bicyclic) bond motifs is 1. The molecule has 6 heteroatoms. The van der Waals surface area contributed by atoms with E-state index in [1.54, 1.807) is 28.1 Å². The monoisotopic (exact) mass is 295 g/mol. The number of rotatable bonds is 3. The number of carboxylic acid groups (broad SMARTS) is 1. The number of aromatic nitrogens is 1. The summed E-state index contributed by atoms with van der Waals surface area (Å²) in [5.41, 5.74) is 1.21. The quantitative estimate of drug-likeness (QED) is 0.886. The smallest absolute Gasteiger partial charge is 0.312 e. The topological polar surface area (TPSA) is 59.3 Å². The summed E-state index contributed by atoms with van der Waals surface area (Å²) in [6.07, 6.45) is 0.532. The molecule has 1 N–H and O–H groups in total. The lowest BCUT2D eigenvalue weighted by Crippen LogP contribution is -2.09. The van der Waals surface area contributed by atoms with E-state index >= 15 is 0 Å². The lowest BCUT2D eigenvalue weighted by Gasteiger charge is -2.04. The van der Waals surface area contributed by atoms with Crippen molar-refractivity contribution in [1.29, 1.82) is 0 Å². The standard InChI is InChI=1S/C13H10ClNO3S/c14-8-4-6-19-12(8)11(16)10-2-1-9-7(13(17)18)3-5-15(9)10/h1-2,4,6-7H,3,5H2,(H,17,18). The van der Waals surface area contributed by atoms with Gasteiger partial charge in [-0.05, 0) is 30.0 Å². The Morgan fingerprint density at radius 2 is 2.16 bits per heavy atom. The summed E-state index contributed by atoms with van der Waals surface area (Å²) < 4.78 is 1.79. The Kier molecular flexibility index (Phi) is 2.95. The van der Waals surface area contributed by atoms with E-state index in [1.165, 1.54) is 11.3 Å². The van der Waals surface area contributed by atoms with Crippen LogP contribution in [-0.4, -0.2) is 21.4 Å². The van der Waals surface area contributed by atoms with E-state index in [-0.39, 0.29) is 5.78 Å². The van der Waals surface area contributed by atoms with Crippen LogP contribution in [-0.2, 0) is 11.3 Å². The summed E-state index contributed by atoms with van der Waals surface area (Å²) >= 11 is 7.27. The van der Waals surface area contributed by atoms with Crippen molar-refractivity contribution in [1.82, 2.24) is 4.57 Å². The minimum absolute atomic E-state index is 0.141. The third-order valence-corrected chi connectivity index (χ3v) is 4.71. The number of carboxylic acids is 1. The Morgan fingerprint density at radius 3 is 2.79 bits per heavy atom. The lowest BCUT2D eigenvalue weighted by molar-refractivity contribution is -0.138. The molecule has 1 aliphatic rings. The first kappa shape index (κ1) is 12.4. The zero-order chi connectivity index (χ0) is 13.6. The molecule has 0 saturated heterocycles. The molecule has 2 aromatic heterocycles. The number of ketones is 1. The van der Waals surface area contributed by atoms with Gasteiger partial charge in [0.15, 0.2) is 0 Å². The molecule has 0 saturated carbocycles. The highest BCUT2D eigenvalue weighted by Crippen LogP contribution is 2.33. The fraction of sp³-hybridized carbons (Fsp3) is 0.231. The maximum atomic E-state index is 12.4. The highest BCUT2D eigenvalue weighted by molar-refractivity contribution is 7.13. The molecule has 0 radical (unpaired) electrons. The van der Waals surface area contributed by atoms with Crippen molar-refractivity contribution in [2.45, 2.75) is 18.9 Å². The highest BCUT2D eigenvalue weighted by atomic mass is 35.5. The van der Waals surface area contributed by atoms with Gasteiger partial charge in [-0.3, -0.25) is 9.59 Å². The maximum Gasteiger partial charge on any atom is 0.312 e. The molecule has 19 heavy (non-hydrogen) atoms. The van der Waals surface area contributed by atoms with Crippen LogP contribution in [0.4, 0.5) is 0 Å². The number of nitrogens with zero attached hydrogens (tertiary/aromatic N) is 1. The Hall–Kier alpha value is -1.59. The van der Waals surface area contributed by atoms with Crippen molar-refractivity contribution in [2.75, 3.05) is 0 Å². The summed E-state index contributed by atoms with van der Waals surface area (Å²) in [5.74, 6) is -1.50. The molecule has 0 aromatic carbocycles. The molecule has 3 rings (SSSR count). The summed E-state index contributed by atoms with van der Waals surface area (Å²) in [7, 11) is 0. The Labute approximate surface area is 118 Å². The number of carbonyl (C=O) groups is 2. The molecule has 1 atom stereocenters. The van der Waals surface area contributed by atoms with E-state index in [2.05, 4.69) is 0 Å². The van der Waals surface area contributed by atoms with Crippen LogP contribution in [0.2, 0.25) is 5.02 Å². The molecule has 0 fully saturated rings. The van der Waals surface area contributed by atoms with Gasteiger partial charge in [-0.15, -0.1) is 11.3 Å². The van der Waals surface area contributed by atoms with Crippen LogP contribution in [0.3, 0.4) is 0 Å². The summed E-state index contributed by atoms with van der Waals surface area (Å²) in [6.45, 7) is 0.559. The van der Waals surface area contributed by atoms with Gasteiger partial charge >= 0.3 is 5.97 Å². The largest absolute Gasteiger partial charge is 0.481 e. The van der Waals surface area contributed by atoms with Gasteiger partial charge < -0.3 is 9.67 Å². The molecule has 1 unspecified atom stereocenters. The summed E-state index contributed by atoms with van der Waals surface area (Å²) in [6, 6.07) is 5.09. The fourth-order valence-corrected chi connectivity index (χ4v) is 3.55. The molecular weight excluding hydrogens is 286 g/mol. The molecule has 3 heterocycles. The second-order valence-corrected chi connectivity index (χ2v) is 5.72. The fourth-order valence-electron chi connectivity index (χ4n) is 2.46. The normalized spacial score (nSPS) is 17.4. The van der Waals surface area contributed by atoms with E-state index in [9.17, 15) is 9.59 Å². The van der Waals surface area contributed by atoms with E-state index < -0.39 is 11.9 Å². The average molecular weight is 296 g/mol. The van der Waals surface area contributed by atoms with Crippen molar-refractivity contribution in [3.8, 4) is 0 Å². The third-order valence-electron chi connectivity index (χ3n) is 3.37. The second kappa shape index (κ2) is 4.51. The average Bonchev–Trinajstić information content (AvgIpc) is 3.01. The first-order chi connectivity index (χ1) is 9.09. The number of thiophene rings is 1. The number of carbonyl (C=O) groups excluding carboxylic acids is 1. The van der Waals surface area contributed by atoms with Gasteiger partial charge in [0, 0.05) is 12.2 Å². The maximum absolute atomic E-state index is 12.4. The van der Waals surface area contributed by atoms with Gasteiger partial charge in [-0.1, -0.05) is 11.6 Å². The van der Waals surface area contributed by atoms with Gasteiger partial charge in [0.1, 0.15) is 0 Å². The van der Waals surface area contributed by atoms with Crippen LogP contribution in [0, 0.1) is 0 Å². The minimum atomic E-state index is -0.843. The van der Waals surface area contributed by atoms with Crippen LogP contribution in [0.15, 0.2) is 23.6 Å². The summed E-state index contributed by atoms with van der Waals surface area (Å²) in [5, 5.41) is 11.3. The van der Waals surface area contributed by atoms with Gasteiger partial charge in [0.25, 0.3) is 0 Å². The van der Waals surface area contributed by atoms with Crippen molar-refractivity contribution < 1.29 is 14.7 Å². The van der Waals surface area contributed by atoms with Crippen LogP contribution in [0.25, 0.3) is 0 Å². The van der Waals surface area contributed by atoms with Crippen LogP contribution in [0.1, 0.15) is 33.4 Å². The van der Waals surface area contributed by atoms with Crippen LogP contribution < -0.4 is 0 Å². The predicted octanol–water partition coefficient (Wildman–Crippen LogP) is 3.01. The van der Waals surface area contributed by atoms with Crippen LogP contribution in [0.5, 0.6) is 0 Å². The first-order valence-corrected chi connectivity index (χ1v) is 7.05. The van der Waals surface area contributed by atoms with E-state index in [0.29, 0.717) is 34.3 Å². The van der Waals surface area contributed by atoms with Crippen molar-refractivity contribution in [2.24, 2.45) is 0 Å². The van der Waals surface area contributed by atoms with Crippen molar-refractivity contribution in [3.05, 3.63) is 44.9 Å². The Balaban J connectivity index is 2.01. The molecule has 4 nitrogen and oxygen atoms in total. The number of hydrogen-bond acceptors (Lipinski definition) is 3. The molecule has 1 aliphatic heterocycles. The molecular formula is C13H10ClNO3S. The van der Waals surface area contributed by atoms with Crippen LogP contribution >= 0.6 is 22.9 Å². The van der Waals surface area contributed by atoms with Gasteiger partial charge in [0.05, 0.1) is 21.5 Å². The first-order valence-electron chi connectivity index (χ1n) is 5.79. The Bertz CT molecular complexity index is 673. The molecule has 2 aromatic rings. The SMILES string of the molecule is O=C(c1sccc1Cl)c1ccc2n1CCC2C(=O)O. The predicted molar refractivity (Wildman–Crippen MR) is 72.2 cm³/mol. The third kappa shape index (κ3) is 1.89. The van der Waals surface area contributed by atoms with Gasteiger partial charge in [-0.2, -0.15) is 0 Å². The Morgan fingerprint density at radius 1 is 1.37 bits per heavy atom. The summed E-state index contributed by atoms with van der Waals surface area (Å²) in [4.78, 5) is 24.0. The van der Waals surface area contributed by atoms with Gasteiger partial charge in [-0.25, -0.2) is 0 Å². The van der Waals surface area contributed by atoms with Crippen molar-refractivity contribution >= 4 is 34.7 Å². The minimum Gasteiger partial charge on any atom is -0.481 e. The molecule has 0 spiro atoms. The molecule has 0 bridgehead atoms. The number of hydrogen-bond donors (Lipinski definition) is 1. The van der Waals surface area contributed by atoms with E-state index in [4.69, 9.17) is 16.7 Å². The van der Waals surface area contributed by atoms with E-state index in [0.717, 1.165) is 0 Å². The van der Waals surface area contributed by atoms with E-state index in [1.807, 2.05) is 0 Å².